The van der Waals surface area contributed by atoms with Crippen molar-refractivity contribution in [2.24, 2.45) is 0 Å². The Morgan fingerprint density at radius 2 is 1.87 bits per heavy atom. The van der Waals surface area contributed by atoms with Crippen LogP contribution >= 0.6 is 0 Å². The molecule has 7 rings (SSSR count). The van der Waals surface area contributed by atoms with Crippen molar-refractivity contribution < 1.29 is 63.5 Å². The van der Waals surface area contributed by atoms with Crippen LogP contribution < -0.4 is 10.3 Å². The standard InChI is InChI=1S/C36H41N5O14/c1-3-20-21-11-19(5-6-25(21)37-28-22(20)14-41-26(28)12-24-23(32(41)46)17-53-34(47)36(24,49)4-2)54-35(48)52-10-9-50-16-18-13-40(39-38-18)7-8-51-33-31(45)30(44)29(43)27(15-42)55-33/h5-6,11-13,27,29-31,33,42-45,49H,3-4,7-10,14-17H2,1-2H3/t27-,29-,30+,31-,33-,36-/m0/s1. The molecule has 0 amide bonds. The summed E-state index contributed by atoms with van der Waals surface area (Å²) in [6.07, 6.45) is -5.56. The quantitative estimate of drug-likeness (QED) is 0.0590. The van der Waals surface area contributed by atoms with E-state index in [1.807, 2.05) is 6.92 Å². The third kappa shape index (κ3) is 7.20. The zero-order valence-corrected chi connectivity index (χ0v) is 30.0. The summed E-state index contributed by atoms with van der Waals surface area (Å²) in [4.78, 5) is 43.5. The Labute approximate surface area is 312 Å². The molecule has 0 saturated carbocycles. The predicted octanol–water partition coefficient (Wildman–Crippen LogP) is -0.218. The second kappa shape index (κ2) is 15.7. The summed E-state index contributed by atoms with van der Waals surface area (Å²) in [7, 11) is 0. The van der Waals surface area contributed by atoms with Gasteiger partial charge in [0.2, 0.25) is 0 Å². The molecule has 1 fully saturated rings. The lowest BCUT2D eigenvalue weighted by atomic mass is 9.86. The Morgan fingerprint density at radius 1 is 1.05 bits per heavy atom. The SMILES string of the molecule is CCc1c2c(nc3ccc(OC(=O)OCCOCc4cn(CCO[C@H]5O[C@@H](CO)[C@H](O)[C@@H](O)[C@@H]5O)nn4)cc13)-c1cc3c(c(=O)n1C2)COC(=O)[C@]3(O)CC. The largest absolute Gasteiger partial charge is 0.513 e. The summed E-state index contributed by atoms with van der Waals surface area (Å²) < 4.78 is 35.1. The topological polar surface area (TPSA) is 256 Å². The van der Waals surface area contributed by atoms with Gasteiger partial charge in [-0.15, -0.1) is 5.10 Å². The van der Waals surface area contributed by atoms with Crippen LogP contribution in [0.15, 0.2) is 35.3 Å². The summed E-state index contributed by atoms with van der Waals surface area (Å²) in [6.45, 7) is 3.31. The number of carbonyl (C=O) groups is 2. The van der Waals surface area contributed by atoms with Gasteiger partial charge < -0.3 is 58.5 Å². The van der Waals surface area contributed by atoms with Crippen molar-refractivity contribution in [3.63, 3.8) is 0 Å². The molecule has 0 bridgehead atoms. The number of aliphatic hydroxyl groups is 5. The minimum absolute atomic E-state index is 0.0143. The summed E-state index contributed by atoms with van der Waals surface area (Å²) >= 11 is 0. The number of aliphatic hydroxyl groups excluding tert-OH is 4. The monoisotopic (exact) mass is 767 g/mol. The number of cyclic esters (lactones) is 1. The number of hydrogen-bond donors (Lipinski definition) is 5. The summed E-state index contributed by atoms with van der Waals surface area (Å²) in [5, 5.41) is 59.0. The molecule has 3 aliphatic rings. The van der Waals surface area contributed by atoms with Gasteiger partial charge >= 0.3 is 12.1 Å². The molecular weight excluding hydrogens is 726 g/mol. The molecule has 0 unspecified atom stereocenters. The molecule has 1 aromatic carbocycles. The summed E-state index contributed by atoms with van der Waals surface area (Å²) in [5.74, 6) is -0.556. The Hall–Kier alpha value is -4.86. The number of hydrogen-bond acceptors (Lipinski definition) is 17. The molecule has 5 N–H and O–H groups in total. The van der Waals surface area contributed by atoms with Gasteiger partial charge in [-0.3, -0.25) is 4.79 Å². The van der Waals surface area contributed by atoms with E-state index in [-0.39, 0.29) is 75.0 Å². The van der Waals surface area contributed by atoms with E-state index in [0.717, 1.165) is 16.5 Å². The van der Waals surface area contributed by atoms with Gasteiger partial charge in [0.1, 0.15) is 49.1 Å². The average Bonchev–Trinajstić information content (AvgIpc) is 3.79. The molecule has 6 atom stereocenters. The normalized spacial score (nSPS) is 24.3. The lowest BCUT2D eigenvalue weighted by Crippen LogP contribution is -2.59. The number of aromatic nitrogens is 5. The van der Waals surface area contributed by atoms with Crippen molar-refractivity contribution in [1.29, 1.82) is 0 Å². The van der Waals surface area contributed by atoms with Gasteiger partial charge in [0.25, 0.3) is 5.56 Å². The highest BCUT2D eigenvalue weighted by Gasteiger charge is 2.46. The molecule has 3 aliphatic heterocycles. The maximum absolute atomic E-state index is 13.6. The van der Waals surface area contributed by atoms with Gasteiger partial charge in [-0.2, -0.15) is 0 Å². The molecule has 0 spiro atoms. The maximum Gasteiger partial charge on any atom is 0.513 e. The van der Waals surface area contributed by atoms with E-state index in [1.165, 1.54) is 4.68 Å². The lowest BCUT2D eigenvalue weighted by Gasteiger charge is -2.39. The van der Waals surface area contributed by atoms with Crippen molar-refractivity contribution in [1.82, 2.24) is 24.5 Å². The fraction of sp³-hybridized carbons (Fsp3) is 0.500. The van der Waals surface area contributed by atoms with Gasteiger partial charge in [-0.1, -0.05) is 19.1 Å². The minimum atomic E-state index is -1.92. The first-order valence-electron chi connectivity index (χ1n) is 17.8. The van der Waals surface area contributed by atoms with Crippen LogP contribution in [0.25, 0.3) is 22.3 Å². The highest BCUT2D eigenvalue weighted by atomic mass is 16.7. The van der Waals surface area contributed by atoms with Gasteiger partial charge in [-0.05, 0) is 42.7 Å². The number of fused-ring (bicyclic) bond motifs is 5. The molecule has 55 heavy (non-hydrogen) atoms. The zero-order valence-electron chi connectivity index (χ0n) is 30.0. The van der Waals surface area contributed by atoms with Gasteiger partial charge in [0, 0.05) is 16.5 Å². The number of ether oxygens (including phenoxy) is 6. The molecule has 0 aliphatic carbocycles. The Morgan fingerprint density at radius 3 is 2.64 bits per heavy atom. The highest BCUT2D eigenvalue weighted by molar-refractivity contribution is 5.90. The van der Waals surface area contributed by atoms with Crippen LogP contribution in [-0.2, 0) is 66.8 Å². The van der Waals surface area contributed by atoms with Crippen molar-refractivity contribution in [3.05, 3.63) is 68.8 Å². The van der Waals surface area contributed by atoms with E-state index in [4.69, 9.17) is 33.4 Å². The van der Waals surface area contributed by atoms with Crippen molar-refractivity contribution in [3.8, 4) is 17.1 Å². The minimum Gasteiger partial charge on any atom is -0.458 e. The third-order valence-electron chi connectivity index (χ3n) is 10.1. The number of pyridine rings is 2. The van der Waals surface area contributed by atoms with Gasteiger partial charge in [0.15, 0.2) is 11.9 Å². The fourth-order valence-corrected chi connectivity index (χ4v) is 7.08. The number of nitrogens with zero attached hydrogens (tertiary/aromatic N) is 5. The number of esters is 1. The van der Waals surface area contributed by atoms with Crippen LogP contribution in [0.2, 0.25) is 0 Å². The predicted molar refractivity (Wildman–Crippen MR) is 185 cm³/mol. The first kappa shape index (κ1) is 38.4. The first-order valence-corrected chi connectivity index (χ1v) is 17.8. The van der Waals surface area contributed by atoms with E-state index in [2.05, 4.69) is 10.3 Å². The van der Waals surface area contributed by atoms with Gasteiger partial charge in [0.05, 0.1) is 68.2 Å². The number of carbonyl (C=O) groups excluding carboxylic acids is 2. The second-order valence-corrected chi connectivity index (χ2v) is 13.3. The second-order valence-electron chi connectivity index (χ2n) is 13.3. The van der Waals surface area contributed by atoms with Crippen LogP contribution in [0.1, 0.15) is 48.2 Å². The van der Waals surface area contributed by atoms with Crippen molar-refractivity contribution in [2.45, 2.75) is 89.3 Å². The smallest absolute Gasteiger partial charge is 0.458 e. The van der Waals surface area contributed by atoms with E-state index in [1.54, 1.807) is 42.0 Å². The van der Waals surface area contributed by atoms with E-state index < -0.39 is 55.0 Å². The molecule has 0 radical (unpaired) electrons. The molecule has 294 valence electrons. The van der Waals surface area contributed by atoms with Crippen LogP contribution in [0, 0.1) is 0 Å². The van der Waals surface area contributed by atoms with E-state index >= 15 is 0 Å². The van der Waals surface area contributed by atoms with Crippen molar-refractivity contribution in [2.75, 3.05) is 26.4 Å². The summed E-state index contributed by atoms with van der Waals surface area (Å²) in [6, 6.07) is 6.64. The molecular formula is C36H41N5O14. The average molecular weight is 768 g/mol. The molecule has 3 aromatic heterocycles. The zero-order chi connectivity index (χ0) is 39.0. The fourth-order valence-electron chi connectivity index (χ4n) is 7.08. The molecule has 19 heteroatoms. The van der Waals surface area contributed by atoms with Crippen LogP contribution in [0.4, 0.5) is 4.79 Å². The van der Waals surface area contributed by atoms with Crippen LogP contribution in [0.3, 0.4) is 0 Å². The maximum atomic E-state index is 13.6. The van der Waals surface area contributed by atoms with E-state index in [0.29, 0.717) is 29.0 Å². The number of aryl methyl sites for hydroxylation is 1. The summed E-state index contributed by atoms with van der Waals surface area (Å²) in [5.41, 5.74) is 2.11. The Bertz CT molecular complexity index is 2150. The number of rotatable bonds is 13. The van der Waals surface area contributed by atoms with E-state index in [9.17, 15) is 39.9 Å². The lowest BCUT2D eigenvalue weighted by molar-refractivity contribution is -0.301. The van der Waals surface area contributed by atoms with Crippen LogP contribution in [-0.4, -0.2) is 119 Å². The molecule has 6 heterocycles. The highest BCUT2D eigenvalue weighted by Crippen LogP contribution is 2.40. The molecule has 1 saturated heterocycles. The Kier molecular flexibility index (Phi) is 11.0. The third-order valence-corrected chi connectivity index (χ3v) is 10.1. The van der Waals surface area contributed by atoms with Crippen LogP contribution in [0.5, 0.6) is 5.75 Å². The van der Waals surface area contributed by atoms with Gasteiger partial charge in [-0.25, -0.2) is 19.3 Å². The van der Waals surface area contributed by atoms with Crippen molar-refractivity contribution >= 4 is 23.0 Å². The first-order chi connectivity index (χ1) is 26.5. The molecule has 19 nitrogen and oxygen atoms in total. The Balaban J connectivity index is 0.912. The number of benzene rings is 1. The molecule has 4 aromatic rings.